The summed E-state index contributed by atoms with van der Waals surface area (Å²) in [4.78, 5) is 0. The van der Waals surface area contributed by atoms with E-state index in [4.69, 9.17) is 0 Å². The summed E-state index contributed by atoms with van der Waals surface area (Å²) in [6.45, 7) is 15.9. The van der Waals surface area contributed by atoms with Crippen LogP contribution < -0.4 is 0 Å². The molecule has 0 heteroatoms. The third-order valence-electron chi connectivity index (χ3n) is 4.02. The van der Waals surface area contributed by atoms with E-state index in [1.807, 2.05) is 0 Å². The lowest BCUT2D eigenvalue weighted by Gasteiger charge is -2.26. The highest BCUT2D eigenvalue weighted by Gasteiger charge is 2.20. The normalized spacial score (nSPS) is 12.4. The van der Waals surface area contributed by atoms with Crippen molar-refractivity contribution < 1.29 is 0 Å². The minimum absolute atomic E-state index is 0.201. The molecule has 0 radical (unpaired) electrons. The van der Waals surface area contributed by atoms with Crippen LogP contribution in [0.4, 0.5) is 0 Å². The van der Waals surface area contributed by atoms with Crippen LogP contribution in [0.5, 0.6) is 0 Å². The Bertz CT molecular complexity index is 610. The Hall–Kier alpha value is -1.30. The van der Waals surface area contributed by atoms with Crippen molar-refractivity contribution in [2.45, 2.75) is 59.8 Å². The van der Waals surface area contributed by atoms with Crippen LogP contribution in [-0.2, 0) is 5.41 Å². The van der Waals surface area contributed by atoms with Crippen molar-refractivity contribution >= 4 is 10.8 Å². The van der Waals surface area contributed by atoms with Crippen molar-refractivity contribution in [2.24, 2.45) is 0 Å². The molecule has 0 nitrogen and oxygen atoms in total. The predicted molar refractivity (Wildman–Crippen MR) is 86.2 cm³/mol. The summed E-state index contributed by atoms with van der Waals surface area (Å²) in [6, 6.07) is 9.29. The number of rotatable bonds is 1. The van der Waals surface area contributed by atoms with Gasteiger partial charge in [0.2, 0.25) is 0 Å². The highest BCUT2D eigenvalue weighted by Crippen LogP contribution is 2.36. The number of hydrogen-bond acceptors (Lipinski definition) is 0. The zero-order chi connectivity index (χ0) is 14.4. The van der Waals surface area contributed by atoms with Crippen LogP contribution in [-0.4, -0.2) is 0 Å². The van der Waals surface area contributed by atoms with Crippen molar-refractivity contribution in [1.29, 1.82) is 0 Å². The first-order valence-corrected chi connectivity index (χ1v) is 7.26. The molecule has 19 heavy (non-hydrogen) atoms. The van der Waals surface area contributed by atoms with Crippen molar-refractivity contribution in [2.75, 3.05) is 0 Å². The lowest BCUT2D eigenvalue weighted by molar-refractivity contribution is 0.585. The zero-order valence-electron chi connectivity index (χ0n) is 13.4. The average Bonchev–Trinajstić information content (AvgIpc) is 2.26. The van der Waals surface area contributed by atoms with Gasteiger partial charge in [-0.15, -0.1) is 0 Å². The summed E-state index contributed by atoms with van der Waals surface area (Å²) in [5.41, 5.74) is 5.94. The van der Waals surface area contributed by atoms with Gasteiger partial charge < -0.3 is 0 Å². The van der Waals surface area contributed by atoms with E-state index in [2.05, 4.69) is 72.7 Å². The first-order valence-electron chi connectivity index (χ1n) is 7.26. The Morgan fingerprint density at radius 3 is 2.05 bits per heavy atom. The van der Waals surface area contributed by atoms with Gasteiger partial charge in [0.1, 0.15) is 0 Å². The molecule has 0 unspecified atom stereocenters. The smallest absolute Gasteiger partial charge is 0.0129 e. The Kier molecular flexibility index (Phi) is 3.47. The van der Waals surface area contributed by atoms with Crippen LogP contribution in [0.25, 0.3) is 10.8 Å². The molecular formula is C19H26. The van der Waals surface area contributed by atoms with Gasteiger partial charge in [-0.25, -0.2) is 0 Å². The topological polar surface area (TPSA) is 0 Å². The molecule has 0 spiro atoms. The van der Waals surface area contributed by atoms with Gasteiger partial charge in [-0.3, -0.25) is 0 Å². The average molecular weight is 254 g/mol. The first-order chi connectivity index (χ1) is 8.71. The molecule has 0 N–H and O–H groups in total. The van der Waals surface area contributed by atoms with Crippen LogP contribution in [0, 0.1) is 13.8 Å². The summed E-state index contributed by atoms with van der Waals surface area (Å²) in [5.74, 6) is 0.561. The summed E-state index contributed by atoms with van der Waals surface area (Å²) < 4.78 is 0. The Labute approximate surface area is 117 Å². The molecular weight excluding hydrogens is 228 g/mol. The number of fused-ring (bicyclic) bond motifs is 1. The van der Waals surface area contributed by atoms with E-state index in [1.54, 1.807) is 0 Å². The van der Waals surface area contributed by atoms with Crippen molar-refractivity contribution in [3.63, 3.8) is 0 Å². The largest absolute Gasteiger partial charge is 0.0587 e. The van der Waals surface area contributed by atoms with Crippen molar-refractivity contribution in [3.05, 3.63) is 46.5 Å². The fourth-order valence-electron chi connectivity index (χ4n) is 2.97. The second-order valence-corrected chi connectivity index (χ2v) is 7.09. The second-order valence-electron chi connectivity index (χ2n) is 7.09. The Morgan fingerprint density at radius 1 is 0.895 bits per heavy atom. The molecule has 2 aromatic carbocycles. The number of aryl methyl sites for hydroxylation is 2. The SMILES string of the molecule is Cc1ccc2c(C)c(C(C)(C)C)cc(C(C)C)c2c1. The molecule has 0 atom stereocenters. The Morgan fingerprint density at radius 2 is 1.53 bits per heavy atom. The molecule has 0 aliphatic carbocycles. The third kappa shape index (κ3) is 2.54. The van der Waals surface area contributed by atoms with E-state index in [0.717, 1.165) is 0 Å². The van der Waals surface area contributed by atoms with E-state index in [9.17, 15) is 0 Å². The van der Waals surface area contributed by atoms with Crippen LogP contribution in [0.2, 0.25) is 0 Å². The predicted octanol–water partition coefficient (Wildman–Crippen LogP) is 5.88. The molecule has 0 saturated carbocycles. The van der Waals surface area contributed by atoms with Gasteiger partial charge in [-0.1, -0.05) is 64.4 Å². The molecule has 0 saturated heterocycles. The van der Waals surface area contributed by atoms with Gasteiger partial charge in [0.15, 0.2) is 0 Å². The molecule has 2 aromatic rings. The molecule has 2 rings (SSSR count). The zero-order valence-corrected chi connectivity index (χ0v) is 13.4. The third-order valence-corrected chi connectivity index (χ3v) is 4.02. The standard InChI is InChI=1S/C19H26/c1-12(2)16-11-18(19(5,6)7)14(4)15-9-8-13(3)10-17(15)16/h8-12H,1-7H3. The highest BCUT2D eigenvalue weighted by molar-refractivity contribution is 5.91. The van der Waals surface area contributed by atoms with E-state index >= 15 is 0 Å². The molecule has 102 valence electrons. The van der Waals surface area contributed by atoms with E-state index in [-0.39, 0.29) is 5.41 Å². The van der Waals surface area contributed by atoms with Gasteiger partial charge in [0, 0.05) is 0 Å². The van der Waals surface area contributed by atoms with E-state index in [0.29, 0.717) is 5.92 Å². The molecule has 0 heterocycles. The minimum Gasteiger partial charge on any atom is -0.0587 e. The van der Waals surface area contributed by atoms with Gasteiger partial charge >= 0.3 is 0 Å². The monoisotopic (exact) mass is 254 g/mol. The fourth-order valence-corrected chi connectivity index (χ4v) is 2.97. The lowest BCUT2D eigenvalue weighted by atomic mass is 9.79. The maximum atomic E-state index is 2.43. The number of hydrogen-bond donors (Lipinski definition) is 0. The van der Waals surface area contributed by atoms with E-state index in [1.165, 1.54) is 33.0 Å². The van der Waals surface area contributed by atoms with Crippen LogP contribution in [0.1, 0.15) is 62.8 Å². The fraction of sp³-hybridized carbons (Fsp3) is 0.474. The Balaban J connectivity index is 2.90. The summed E-state index contributed by atoms with van der Waals surface area (Å²) in [6.07, 6.45) is 0. The van der Waals surface area contributed by atoms with Gasteiger partial charge in [-0.05, 0) is 52.6 Å². The summed E-state index contributed by atoms with van der Waals surface area (Å²) in [7, 11) is 0. The second kappa shape index (κ2) is 4.67. The van der Waals surface area contributed by atoms with Crippen LogP contribution in [0.15, 0.2) is 24.3 Å². The molecule has 0 amide bonds. The molecule has 0 aromatic heterocycles. The van der Waals surface area contributed by atoms with Crippen LogP contribution >= 0.6 is 0 Å². The van der Waals surface area contributed by atoms with Crippen LogP contribution in [0.3, 0.4) is 0 Å². The quantitative estimate of drug-likeness (QED) is 0.596. The van der Waals surface area contributed by atoms with Gasteiger partial charge in [0.05, 0.1) is 0 Å². The molecule has 0 aliphatic heterocycles. The summed E-state index contributed by atoms with van der Waals surface area (Å²) >= 11 is 0. The molecule has 0 fully saturated rings. The highest BCUT2D eigenvalue weighted by atomic mass is 14.2. The van der Waals surface area contributed by atoms with Gasteiger partial charge in [0.25, 0.3) is 0 Å². The lowest BCUT2D eigenvalue weighted by Crippen LogP contribution is -2.14. The summed E-state index contributed by atoms with van der Waals surface area (Å²) in [5, 5.41) is 2.85. The first kappa shape index (κ1) is 14.1. The van der Waals surface area contributed by atoms with E-state index < -0.39 is 0 Å². The molecule has 0 aliphatic rings. The number of benzene rings is 2. The van der Waals surface area contributed by atoms with Crippen molar-refractivity contribution in [1.82, 2.24) is 0 Å². The minimum atomic E-state index is 0.201. The maximum Gasteiger partial charge on any atom is -0.0129 e. The maximum absolute atomic E-state index is 2.43. The molecule has 0 bridgehead atoms. The van der Waals surface area contributed by atoms with Crippen molar-refractivity contribution in [3.8, 4) is 0 Å². The van der Waals surface area contributed by atoms with Gasteiger partial charge in [-0.2, -0.15) is 0 Å².